The molecule has 0 amide bonds. The molecule has 2 rings (SSSR count). The number of carbonyl (C=O) groups is 1. The Hall–Kier alpha value is -2.17. The third kappa shape index (κ3) is 2.44. The summed E-state index contributed by atoms with van der Waals surface area (Å²) in [5, 5.41) is 3.85. The lowest BCUT2D eigenvalue weighted by molar-refractivity contribution is 0.0458. The zero-order valence-corrected chi connectivity index (χ0v) is 8.83. The fraction of sp³-hybridized carbons (Fsp3) is 0.182. The van der Waals surface area contributed by atoms with Crippen molar-refractivity contribution < 1.29 is 9.53 Å². The standard InChI is InChI=1S/C11H11N3O2/c1-14-8-12-10(13-14)11(15)16-7-9-5-3-2-4-6-9/h2-6,8H,7H2,1H3. The number of ether oxygens (including phenoxy) is 1. The van der Waals surface area contributed by atoms with Gasteiger partial charge < -0.3 is 4.74 Å². The number of carbonyl (C=O) groups excluding carboxylic acids is 1. The van der Waals surface area contributed by atoms with E-state index in [0.29, 0.717) is 0 Å². The molecule has 0 fully saturated rings. The Labute approximate surface area is 92.7 Å². The quantitative estimate of drug-likeness (QED) is 0.724. The highest BCUT2D eigenvalue weighted by atomic mass is 16.5. The molecule has 0 bridgehead atoms. The van der Waals surface area contributed by atoms with Gasteiger partial charge in [-0.25, -0.2) is 9.78 Å². The topological polar surface area (TPSA) is 57.0 Å². The lowest BCUT2D eigenvalue weighted by atomic mass is 10.2. The van der Waals surface area contributed by atoms with Crippen LogP contribution in [0, 0.1) is 0 Å². The van der Waals surface area contributed by atoms with E-state index in [9.17, 15) is 4.79 Å². The summed E-state index contributed by atoms with van der Waals surface area (Å²) in [7, 11) is 1.70. The lowest BCUT2D eigenvalue weighted by Gasteiger charge is -2.01. The molecule has 0 aliphatic rings. The van der Waals surface area contributed by atoms with Gasteiger partial charge in [0.15, 0.2) is 0 Å². The highest BCUT2D eigenvalue weighted by Crippen LogP contribution is 2.02. The van der Waals surface area contributed by atoms with Crippen LogP contribution in [0.2, 0.25) is 0 Å². The third-order valence-electron chi connectivity index (χ3n) is 1.99. The van der Waals surface area contributed by atoms with E-state index in [1.54, 1.807) is 7.05 Å². The summed E-state index contributed by atoms with van der Waals surface area (Å²) in [6, 6.07) is 9.47. The van der Waals surface area contributed by atoms with Crippen LogP contribution < -0.4 is 0 Å². The lowest BCUT2D eigenvalue weighted by Crippen LogP contribution is -2.08. The summed E-state index contributed by atoms with van der Waals surface area (Å²) >= 11 is 0. The van der Waals surface area contributed by atoms with Crippen molar-refractivity contribution in [2.75, 3.05) is 0 Å². The summed E-state index contributed by atoms with van der Waals surface area (Å²) in [6.45, 7) is 0.234. The van der Waals surface area contributed by atoms with Gasteiger partial charge in [-0.2, -0.15) is 0 Å². The molecular weight excluding hydrogens is 206 g/mol. The average molecular weight is 217 g/mol. The van der Waals surface area contributed by atoms with Crippen molar-refractivity contribution in [1.29, 1.82) is 0 Å². The number of aromatic nitrogens is 3. The molecule has 1 heterocycles. The largest absolute Gasteiger partial charge is 0.455 e. The molecule has 1 aromatic heterocycles. The summed E-state index contributed by atoms with van der Waals surface area (Å²) in [4.78, 5) is 15.3. The van der Waals surface area contributed by atoms with Crippen LogP contribution in [-0.2, 0) is 18.4 Å². The van der Waals surface area contributed by atoms with Gasteiger partial charge in [0.25, 0.3) is 5.82 Å². The minimum Gasteiger partial charge on any atom is -0.455 e. The van der Waals surface area contributed by atoms with E-state index in [1.165, 1.54) is 11.0 Å². The second kappa shape index (κ2) is 4.57. The predicted molar refractivity (Wildman–Crippen MR) is 56.6 cm³/mol. The van der Waals surface area contributed by atoms with Crippen molar-refractivity contribution in [2.24, 2.45) is 7.05 Å². The van der Waals surface area contributed by atoms with Gasteiger partial charge in [0.05, 0.1) is 0 Å². The number of hydrogen-bond acceptors (Lipinski definition) is 4. The van der Waals surface area contributed by atoms with Crippen molar-refractivity contribution in [3.8, 4) is 0 Å². The number of rotatable bonds is 3. The normalized spacial score (nSPS) is 10.1. The smallest absolute Gasteiger partial charge is 0.378 e. The Morgan fingerprint density at radius 1 is 1.38 bits per heavy atom. The van der Waals surface area contributed by atoms with Crippen LogP contribution in [0.25, 0.3) is 0 Å². The minimum absolute atomic E-state index is 0.0819. The van der Waals surface area contributed by atoms with Crippen molar-refractivity contribution in [3.05, 3.63) is 48.0 Å². The van der Waals surface area contributed by atoms with E-state index < -0.39 is 5.97 Å². The molecule has 0 N–H and O–H groups in total. The monoisotopic (exact) mass is 217 g/mol. The molecule has 0 saturated heterocycles. The maximum Gasteiger partial charge on any atom is 0.378 e. The molecule has 0 unspecified atom stereocenters. The SMILES string of the molecule is Cn1cnc(C(=O)OCc2ccccc2)n1. The average Bonchev–Trinajstić information content (AvgIpc) is 2.74. The minimum atomic E-state index is -0.510. The number of benzene rings is 1. The van der Waals surface area contributed by atoms with E-state index in [0.717, 1.165) is 5.56 Å². The summed E-state index contributed by atoms with van der Waals surface area (Å²) in [5.41, 5.74) is 0.937. The van der Waals surface area contributed by atoms with Crippen molar-refractivity contribution >= 4 is 5.97 Å². The molecule has 16 heavy (non-hydrogen) atoms. The molecule has 0 radical (unpaired) electrons. The fourth-order valence-corrected chi connectivity index (χ4v) is 1.22. The zero-order chi connectivity index (χ0) is 11.4. The number of nitrogens with zero attached hydrogens (tertiary/aromatic N) is 3. The highest BCUT2D eigenvalue weighted by Gasteiger charge is 2.11. The maximum absolute atomic E-state index is 11.5. The molecule has 0 saturated carbocycles. The Bertz CT molecular complexity index is 479. The van der Waals surface area contributed by atoms with E-state index in [2.05, 4.69) is 10.1 Å². The van der Waals surface area contributed by atoms with Crippen LogP contribution in [0.1, 0.15) is 16.2 Å². The molecular formula is C11H11N3O2. The molecule has 0 aliphatic heterocycles. The van der Waals surface area contributed by atoms with E-state index >= 15 is 0 Å². The molecule has 82 valence electrons. The number of esters is 1. The van der Waals surface area contributed by atoms with Gasteiger partial charge in [-0.3, -0.25) is 4.68 Å². The first-order chi connectivity index (χ1) is 7.75. The number of aryl methyl sites for hydroxylation is 1. The van der Waals surface area contributed by atoms with Crippen molar-refractivity contribution in [2.45, 2.75) is 6.61 Å². The molecule has 0 spiro atoms. The van der Waals surface area contributed by atoms with E-state index in [-0.39, 0.29) is 12.4 Å². The first-order valence-electron chi connectivity index (χ1n) is 4.82. The van der Waals surface area contributed by atoms with Gasteiger partial charge in [-0.1, -0.05) is 30.3 Å². The van der Waals surface area contributed by atoms with Crippen LogP contribution in [0.4, 0.5) is 0 Å². The third-order valence-corrected chi connectivity index (χ3v) is 1.99. The Morgan fingerprint density at radius 2 is 2.12 bits per heavy atom. The second-order valence-corrected chi connectivity index (χ2v) is 3.30. The van der Waals surface area contributed by atoms with Gasteiger partial charge in [0.2, 0.25) is 0 Å². The van der Waals surface area contributed by atoms with Gasteiger partial charge in [-0.15, -0.1) is 5.10 Å². The summed E-state index contributed by atoms with van der Waals surface area (Å²) in [6.07, 6.45) is 1.46. The molecule has 0 aliphatic carbocycles. The molecule has 0 atom stereocenters. The van der Waals surface area contributed by atoms with E-state index in [1.807, 2.05) is 30.3 Å². The molecule has 1 aromatic carbocycles. The summed E-state index contributed by atoms with van der Waals surface area (Å²) < 4.78 is 6.51. The predicted octanol–water partition coefficient (Wildman–Crippen LogP) is 1.17. The first-order valence-corrected chi connectivity index (χ1v) is 4.82. The van der Waals surface area contributed by atoms with Crippen LogP contribution in [-0.4, -0.2) is 20.7 Å². The highest BCUT2D eigenvalue weighted by molar-refractivity contribution is 5.84. The number of hydrogen-bond donors (Lipinski definition) is 0. The van der Waals surface area contributed by atoms with Crippen LogP contribution in [0.5, 0.6) is 0 Å². The second-order valence-electron chi connectivity index (χ2n) is 3.30. The van der Waals surface area contributed by atoms with Crippen molar-refractivity contribution in [3.63, 3.8) is 0 Å². The summed E-state index contributed by atoms with van der Waals surface area (Å²) in [5.74, 6) is -0.428. The Balaban J connectivity index is 1.94. The van der Waals surface area contributed by atoms with E-state index in [4.69, 9.17) is 4.74 Å². The zero-order valence-electron chi connectivity index (χ0n) is 8.83. The van der Waals surface area contributed by atoms with Gasteiger partial charge in [-0.05, 0) is 5.56 Å². The van der Waals surface area contributed by atoms with Crippen LogP contribution in [0.3, 0.4) is 0 Å². The molecule has 5 heteroatoms. The van der Waals surface area contributed by atoms with Crippen LogP contribution in [0.15, 0.2) is 36.7 Å². The molecule has 5 nitrogen and oxygen atoms in total. The molecule has 2 aromatic rings. The fourth-order valence-electron chi connectivity index (χ4n) is 1.22. The van der Waals surface area contributed by atoms with Gasteiger partial charge in [0.1, 0.15) is 12.9 Å². The van der Waals surface area contributed by atoms with Gasteiger partial charge >= 0.3 is 5.97 Å². The van der Waals surface area contributed by atoms with Gasteiger partial charge in [0, 0.05) is 7.05 Å². The first kappa shape index (κ1) is 10.4. The van der Waals surface area contributed by atoms with Crippen LogP contribution >= 0.6 is 0 Å². The Kier molecular flexibility index (Phi) is 2.95. The van der Waals surface area contributed by atoms with Crippen molar-refractivity contribution in [1.82, 2.24) is 14.8 Å². The maximum atomic E-state index is 11.5. The Morgan fingerprint density at radius 3 is 2.75 bits per heavy atom.